The molecule has 0 unspecified atom stereocenters. The first-order chi connectivity index (χ1) is 8.77. The van der Waals surface area contributed by atoms with Gasteiger partial charge in [0.05, 0.1) is 5.56 Å². The third kappa shape index (κ3) is 1.53. The fourth-order valence-corrected chi connectivity index (χ4v) is 1.99. The van der Waals surface area contributed by atoms with Gasteiger partial charge in [-0.25, -0.2) is 4.79 Å². The van der Waals surface area contributed by atoms with Crippen LogP contribution in [-0.2, 0) is 0 Å². The second kappa shape index (κ2) is 3.96. The number of carbonyl (C=O) groups is 1. The van der Waals surface area contributed by atoms with Gasteiger partial charge in [-0.3, -0.25) is 0 Å². The van der Waals surface area contributed by atoms with E-state index < -0.39 is 5.97 Å². The fourth-order valence-electron chi connectivity index (χ4n) is 1.99. The van der Waals surface area contributed by atoms with Gasteiger partial charge in [0, 0.05) is 5.56 Å². The number of rotatable bonds is 2. The van der Waals surface area contributed by atoms with E-state index in [1.165, 1.54) is 0 Å². The first kappa shape index (κ1) is 10.5. The van der Waals surface area contributed by atoms with Crippen molar-refractivity contribution in [2.75, 3.05) is 0 Å². The molecule has 0 saturated carbocycles. The lowest BCUT2D eigenvalue weighted by Crippen LogP contribution is -1.99. The van der Waals surface area contributed by atoms with E-state index in [9.17, 15) is 9.90 Å². The van der Waals surface area contributed by atoms with Crippen LogP contribution in [0.25, 0.3) is 22.2 Å². The molecule has 5 nitrogen and oxygen atoms in total. The van der Waals surface area contributed by atoms with Crippen molar-refractivity contribution in [3.63, 3.8) is 0 Å². The number of nitrogens with one attached hydrogen (secondary N) is 1. The molecule has 0 fully saturated rings. The van der Waals surface area contributed by atoms with Gasteiger partial charge in [-0.1, -0.05) is 30.3 Å². The topological polar surface area (TPSA) is 78.9 Å². The predicted molar refractivity (Wildman–Crippen MR) is 66.3 cm³/mol. The van der Waals surface area contributed by atoms with E-state index >= 15 is 0 Å². The van der Waals surface area contributed by atoms with Crippen LogP contribution in [0.4, 0.5) is 0 Å². The molecule has 0 amide bonds. The van der Waals surface area contributed by atoms with Gasteiger partial charge in [-0.15, -0.1) is 0 Å². The quantitative estimate of drug-likeness (QED) is 0.719. The minimum Gasteiger partial charge on any atom is -0.478 e. The zero-order valence-electron chi connectivity index (χ0n) is 9.29. The van der Waals surface area contributed by atoms with Crippen molar-refractivity contribution in [1.29, 1.82) is 0 Å². The van der Waals surface area contributed by atoms with E-state index in [0.29, 0.717) is 16.6 Å². The summed E-state index contributed by atoms with van der Waals surface area (Å²) in [5.41, 5.74) is 3.05. The summed E-state index contributed by atoms with van der Waals surface area (Å²) in [5, 5.41) is 19.8. The number of hydrogen-bond donors (Lipinski definition) is 2. The Morgan fingerprint density at radius 3 is 2.61 bits per heavy atom. The summed E-state index contributed by atoms with van der Waals surface area (Å²) >= 11 is 0. The van der Waals surface area contributed by atoms with Gasteiger partial charge in [0.1, 0.15) is 11.0 Å². The van der Waals surface area contributed by atoms with Crippen LogP contribution in [-0.4, -0.2) is 26.5 Å². The smallest absolute Gasteiger partial charge is 0.336 e. The van der Waals surface area contributed by atoms with E-state index in [2.05, 4.69) is 15.4 Å². The predicted octanol–water partition coefficient (Wildman–Crippen LogP) is 2.32. The van der Waals surface area contributed by atoms with Crippen LogP contribution < -0.4 is 0 Å². The number of fused-ring (bicyclic) bond motifs is 1. The maximum absolute atomic E-state index is 11.2. The maximum atomic E-state index is 11.2. The number of nitrogens with zero attached hydrogens (tertiary/aromatic N) is 2. The summed E-state index contributed by atoms with van der Waals surface area (Å²) in [4.78, 5) is 11.2. The van der Waals surface area contributed by atoms with E-state index in [4.69, 9.17) is 0 Å². The largest absolute Gasteiger partial charge is 0.478 e. The molecule has 0 radical (unpaired) electrons. The highest BCUT2D eigenvalue weighted by Crippen LogP contribution is 2.28. The third-order valence-corrected chi connectivity index (χ3v) is 2.79. The minimum absolute atomic E-state index is 0.257. The van der Waals surface area contributed by atoms with Crippen LogP contribution in [0, 0.1) is 0 Å². The maximum Gasteiger partial charge on any atom is 0.336 e. The highest BCUT2D eigenvalue weighted by atomic mass is 16.4. The molecule has 0 spiro atoms. The van der Waals surface area contributed by atoms with Crippen molar-refractivity contribution in [2.24, 2.45) is 0 Å². The molecule has 1 aromatic heterocycles. The zero-order chi connectivity index (χ0) is 12.5. The summed E-state index contributed by atoms with van der Waals surface area (Å²) in [6.45, 7) is 0. The number of para-hydroxylation sites is 1. The Labute approximate surface area is 102 Å². The summed E-state index contributed by atoms with van der Waals surface area (Å²) in [6, 6.07) is 12.4. The van der Waals surface area contributed by atoms with Crippen LogP contribution >= 0.6 is 0 Å². The zero-order valence-corrected chi connectivity index (χ0v) is 9.29. The lowest BCUT2D eigenvalue weighted by Gasteiger charge is -2.05. The molecule has 0 aliphatic rings. The van der Waals surface area contributed by atoms with Crippen LogP contribution in [0.2, 0.25) is 0 Å². The van der Waals surface area contributed by atoms with Crippen molar-refractivity contribution in [3.05, 3.63) is 48.0 Å². The lowest BCUT2D eigenvalue weighted by molar-refractivity contribution is 0.0698. The third-order valence-electron chi connectivity index (χ3n) is 2.79. The van der Waals surface area contributed by atoms with Gasteiger partial charge in [-0.05, 0) is 17.7 Å². The van der Waals surface area contributed by atoms with Crippen LogP contribution in [0.15, 0.2) is 42.5 Å². The summed E-state index contributed by atoms with van der Waals surface area (Å²) in [7, 11) is 0. The molecule has 18 heavy (non-hydrogen) atoms. The van der Waals surface area contributed by atoms with Crippen LogP contribution in [0.3, 0.4) is 0 Å². The molecule has 3 aromatic rings. The van der Waals surface area contributed by atoms with Crippen molar-refractivity contribution in [2.45, 2.75) is 0 Å². The average molecular weight is 239 g/mol. The highest BCUT2D eigenvalue weighted by Gasteiger charge is 2.14. The first-order valence-electron chi connectivity index (χ1n) is 5.39. The normalized spacial score (nSPS) is 10.7. The molecule has 1 heterocycles. The van der Waals surface area contributed by atoms with Crippen molar-refractivity contribution in [1.82, 2.24) is 15.4 Å². The van der Waals surface area contributed by atoms with Crippen molar-refractivity contribution in [3.8, 4) is 11.1 Å². The number of H-pyrrole nitrogens is 1. The minimum atomic E-state index is -0.953. The van der Waals surface area contributed by atoms with Crippen molar-refractivity contribution >= 4 is 17.0 Å². The molecule has 3 rings (SSSR count). The molecular formula is C13H9N3O2. The molecular weight excluding hydrogens is 230 g/mol. The molecule has 88 valence electrons. The number of aromatic amines is 1. The van der Waals surface area contributed by atoms with E-state index in [1.54, 1.807) is 24.3 Å². The number of aromatic nitrogens is 3. The second-order valence-electron chi connectivity index (χ2n) is 3.85. The summed E-state index contributed by atoms with van der Waals surface area (Å²) < 4.78 is 0. The Balaban J connectivity index is 2.33. The Bertz CT molecular complexity index is 734. The second-order valence-corrected chi connectivity index (χ2v) is 3.85. The van der Waals surface area contributed by atoms with Gasteiger partial charge in [0.2, 0.25) is 0 Å². The monoisotopic (exact) mass is 239 g/mol. The fraction of sp³-hybridized carbons (Fsp3) is 0. The van der Waals surface area contributed by atoms with Crippen LogP contribution in [0.5, 0.6) is 0 Å². The number of benzene rings is 2. The van der Waals surface area contributed by atoms with Crippen LogP contribution in [0.1, 0.15) is 10.4 Å². The number of carboxylic acids is 1. The molecule has 0 aliphatic heterocycles. The standard InChI is InChI=1S/C13H9N3O2/c17-13(18)10-5-2-1-4-8(10)9-6-3-7-11-12(9)15-16-14-11/h1-7H,(H,17,18)(H,14,15,16). The molecule has 0 atom stereocenters. The van der Waals surface area contributed by atoms with Gasteiger partial charge in [0.25, 0.3) is 0 Å². The molecule has 0 bridgehead atoms. The van der Waals surface area contributed by atoms with E-state index in [0.717, 1.165) is 5.56 Å². The molecule has 0 saturated heterocycles. The SMILES string of the molecule is O=C(O)c1ccccc1-c1cccc2n[nH]nc12. The number of aromatic carboxylic acids is 1. The Kier molecular flexibility index (Phi) is 2.30. The number of carboxylic acid groups (broad SMARTS) is 1. The lowest BCUT2D eigenvalue weighted by atomic mass is 9.98. The van der Waals surface area contributed by atoms with Gasteiger partial charge >= 0.3 is 5.97 Å². The summed E-state index contributed by atoms with van der Waals surface area (Å²) in [6.07, 6.45) is 0. The Morgan fingerprint density at radius 2 is 1.78 bits per heavy atom. The molecule has 2 aromatic carbocycles. The van der Waals surface area contributed by atoms with E-state index in [1.807, 2.05) is 18.2 Å². The van der Waals surface area contributed by atoms with Gasteiger partial charge in [0.15, 0.2) is 0 Å². The average Bonchev–Trinajstić information content (AvgIpc) is 2.86. The van der Waals surface area contributed by atoms with Crippen molar-refractivity contribution < 1.29 is 9.90 Å². The molecule has 5 heteroatoms. The first-order valence-corrected chi connectivity index (χ1v) is 5.39. The van der Waals surface area contributed by atoms with E-state index in [-0.39, 0.29) is 5.56 Å². The Morgan fingerprint density at radius 1 is 1.00 bits per heavy atom. The Hall–Kier alpha value is -2.69. The van der Waals surface area contributed by atoms with Gasteiger partial charge in [-0.2, -0.15) is 15.4 Å². The summed E-state index contributed by atoms with van der Waals surface area (Å²) in [5.74, 6) is -0.953. The number of hydrogen-bond acceptors (Lipinski definition) is 3. The molecule has 2 N–H and O–H groups in total. The molecule has 0 aliphatic carbocycles. The van der Waals surface area contributed by atoms with Gasteiger partial charge < -0.3 is 5.11 Å². The highest BCUT2D eigenvalue weighted by molar-refractivity contribution is 6.01.